The first-order valence-electron chi connectivity index (χ1n) is 4.31. The van der Waals surface area contributed by atoms with Crippen LogP contribution in [0.4, 0.5) is 0 Å². The molecule has 1 aliphatic heterocycles. The van der Waals surface area contributed by atoms with Gasteiger partial charge in [-0.25, -0.2) is 0 Å². The smallest absolute Gasteiger partial charge is 0.0228 e. The molecule has 0 fully saturated rings. The highest BCUT2D eigenvalue weighted by Crippen LogP contribution is 2.09. The lowest BCUT2D eigenvalue weighted by Gasteiger charge is -2.23. The van der Waals surface area contributed by atoms with E-state index in [2.05, 4.69) is 44.0 Å². The van der Waals surface area contributed by atoms with Crippen molar-refractivity contribution in [2.75, 3.05) is 6.54 Å². The lowest BCUT2D eigenvalue weighted by Crippen LogP contribution is -2.25. The lowest BCUT2D eigenvalue weighted by molar-refractivity contribution is 0.317. The second-order valence-corrected chi connectivity index (χ2v) is 3.40. The second kappa shape index (κ2) is 3.61. The van der Waals surface area contributed by atoms with Gasteiger partial charge in [-0.3, -0.25) is 0 Å². The van der Waals surface area contributed by atoms with Gasteiger partial charge in [-0.2, -0.15) is 0 Å². The van der Waals surface area contributed by atoms with E-state index in [0.29, 0.717) is 6.04 Å². The molecule has 11 heavy (non-hydrogen) atoms. The molecule has 1 nitrogen and oxygen atoms in total. The van der Waals surface area contributed by atoms with Gasteiger partial charge >= 0.3 is 0 Å². The zero-order valence-corrected chi connectivity index (χ0v) is 7.67. The molecule has 1 rings (SSSR count). The predicted octanol–water partition coefficient (Wildman–Crippen LogP) is 2.56. The van der Waals surface area contributed by atoms with E-state index in [1.807, 2.05) is 0 Å². The molecule has 0 saturated heterocycles. The number of rotatable bonds is 1. The van der Waals surface area contributed by atoms with E-state index < -0.39 is 0 Å². The number of hydrogen-bond acceptors (Lipinski definition) is 1. The molecular formula is C10H17N. The van der Waals surface area contributed by atoms with Crippen LogP contribution in [0.3, 0.4) is 0 Å². The van der Waals surface area contributed by atoms with Crippen LogP contribution in [0.15, 0.2) is 23.9 Å². The first kappa shape index (κ1) is 8.38. The summed E-state index contributed by atoms with van der Waals surface area (Å²) in [7, 11) is 0. The van der Waals surface area contributed by atoms with Gasteiger partial charge in [-0.05, 0) is 32.8 Å². The Balaban J connectivity index is 2.64. The van der Waals surface area contributed by atoms with E-state index >= 15 is 0 Å². The average Bonchev–Trinajstić information content (AvgIpc) is 2.13. The fourth-order valence-corrected chi connectivity index (χ4v) is 1.27. The van der Waals surface area contributed by atoms with Crippen molar-refractivity contribution >= 4 is 0 Å². The molecule has 0 radical (unpaired) electrons. The summed E-state index contributed by atoms with van der Waals surface area (Å²) in [6.45, 7) is 7.77. The van der Waals surface area contributed by atoms with Gasteiger partial charge in [0.05, 0.1) is 0 Å². The normalized spacial score (nSPS) is 18.5. The van der Waals surface area contributed by atoms with Gasteiger partial charge in [0.15, 0.2) is 0 Å². The summed E-state index contributed by atoms with van der Waals surface area (Å²) in [5.41, 5.74) is 1.36. The van der Waals surface area contributed by atoms with Gasteiger partial charge < -0.3 is 4.90 Å². The van der Waals surface area contributed by atoms with E-state index in [0.717, 1.165) is 6.54 Å². The summed E-state index contributed by atoms with van der Waals surface area (Å²) in [4.78, 5) is 2.38. The molecule has 0 aromatic heterocycles. The molecule has 0 spiro atoms. The molecular weight excluding hydrogens is 134 g/mol. The average molecular weight is 151 g/mol. The van der Waals surface area contributed by atoms with Crippen LogP contribution in [-0.4, -0.2) is 17.5 Å². The van der Waals surface area contributed by atoms with Crippen molar-refractivity contribution in [3.63, 3.8) is 0 Å². The molecule has 62 valence electrons. The van der Waals surface area contributed by atoms with Crippen molar-refractivity contribution < 1.29 is 0 Å². The van der Waals surface area contributed by atoms with Gasteiger partial charge in [0.1, 0.15) is 0 Å². The SMILES string of the molecule is CC1=CN(C(C)C)CCC=C1. The zero-order valence-electron chi connectivity index (χ0n) is 7.67. The topological polar surface area (TPSA) is 3.24 Å². The van der Waals surface area contributed by atoms with Crippen molar-refractivity contribution in [3.8, 4) is 0 Å². The first-order chi connectivity index (χ1) is 5.20. The third kappa shape index (κ3) is 2.41. The lowest BCUT2D eigenvalue weighted by atomic mass is 10.3. The molecule has 0 atom stereocenters. The van der Waals surface area contributed by atoms with Crippen molar-refractivity contribution in [3.05, 3.63) is 23.9 Å². The van der Waals surface area contributed by atoms with Crippen LogP contribution >= 0.6 is 0 Å². The molecule has 0 N–H and O–H groups in total. The molecule has 0 bridgehead atoms. The Hall–Kier alpha value is -0.720. The number of allylic oxidation sites excluding steroid dienone is 2. The monoisotopic (exact) mass is 151 g/mol. The van der Waals surface area contributed by atoms with Crippen LogP contribution in [-0.2, 0) is 0 Å². The summed E-state index contributed by atoms with van der Waals surface area (Å²) in [5, 5.41) is 0. The van der Waals surface area contributed by atoms with E-state index in [1.165, 1.54) is 12.0 Å². The maximum Gasteiger partial charge on any atom is 0.0228 e. The van der Waals surface area contributed by atoms with E-state index in [4.69, 9.17) is 0 Å². The van der Waals surface area contributed by atoms with Crippen LogP contribution in [0.25, 0.3) is 0 Å². The Bertz CT molecular complexity index is 177. The largest absolute Gasteiger partial charge is 0.374 e. The maximum absolute atomic E-state index is 2.38. The summed E-state index contributed by atoms with van der Waals surface area (Å²) in [6, 6.07) is 0.629. The van der Waals surface area contributed by atoms with Gasteiger partial charge in [-0.15, -0.1) is 0 Å². The molecule has 0 aromatic rings. The Morgan fingerprint density at radius 3 is 2.82 bits per heavy atom. The molecule has 1 heteroatoms. The third-order valence-corrected chi connectivity index (χ3v) is 1.97. The number of hydrogen-bond donors (Lipinski definition) is 0. The standard InChI is InChI=1S/C10H17N/c1-9(2)11-7-5-4-6-10(3)8-11/h4,6,8-9H,5,7H2,1-3H3. The van der Waals surface area contributed by atoms with E-state index in [1.54, 1.807) is 0 Å². The Morgan fingerprint density at radius 1 is 1.45 bits per heavy atom. The summed E-state index contributed by atoms with van der Waals surface area (Å²) in [6.07, 6.45) is 7.86. The summed E-state index contributed by atoms with van der Waals surface area (Å²) < 4.78 is 0. The van der Waals surface area contributed by atoms with E-state index in [9.17, 15) is 0 Å². The molecule has 0 aliphatic carbocycles. The fourth-order valence-electron chi connectivity index (χ4n) is 1.27. The predicted molar refractivity (Wildman–Crippen MR) is 49.4 cm³/mol. The van der Waals surface area contributed by atoms with Crippen molar-refractivity contribution in [1.82, 2.24) is 4.90 Å². The van der Waals surface area contributed by atoms with Gasteiger partial charge in [0, 0.05) is 18.8 Å². The Morgan fingerprint density at radius 2 is 2.18 bits per heavy atom. The number of nitrogens with zero attached hydrogens (tertiary/aromatic N) is 1. The minimum atomic E-state index is 0.629. The highest BCUT2D eigenvalue weighted by Gasteiger charge is 2.05. The minimum absolute atomic E-state index is 0.629. The summed E-state index contributed by atoms with van der Waals surface area (Å²) >= 11 is 0. The van der Waals surface area contributed by atoms with Crippen LogP contribution in [0.2, 0.25) is 0 Å². The second-order valence-electron chi connectivity index (χ2n) is 3.40. The quantitative estimate of drug-likeness (QED) is 0.556. The fraction of sp³-hybridized carbons (Fsp3) is 0.600. The van der Waals surface area contributed by atoms with Crippen LogP contribution in [0, 0.1) is 0 Å². The molecule has 1 aliphatic rings. The Kier molecular flexibility index (Phi) is 2.75. The maximum atomic E-state index is 2.38. The van der Waals surface area contributed by atoms with Crippen molar-refractivity contribution in [2.24, 2.45) is 0 Å². The zero-order chi connectivity index (χ0) is 8.27. The van der Waals surface area contributed by atoms with Crippen LogP contribution in [0.1, 0.15) is 27.2 Å². The Labute approximate surface area is 69.4 Å². The van der Waals surface area contributed by atoms with Crippen LogP contribution < -0.4 is 0 Å². The molecule has 1 heterocycles. The molecule has 0 aromatic carbocycles. The van der Waals surface area contributed by atoms with Gasteiger partial charge in [0.25, 0.3) is 0 Å². The minimum Gasteiger partial charge on any atom is -0.374 e. The third-order valence-electron chi connectivity index (χ3n) is 1.97. The highest BCUT2D eigenvalue weighted by molar-refractivity contribution is 5.17. The van der Waals surface area contributed by atoms with Gasteiger partial charge in [-0.1, -0.05) is 12.2 Å². The first-order valence-corrected chi connectivity index (χ1v) is 4.31. The highest BCUT2D eigenvalue weighted by atomic mass is 15.1. The summed E-state index contributed by atoms with van der Waals surface area (Å²) in [5.74, 6) is 0. The van der Waals surface area contributed by atoms with Crippen molar-refractivity contribution in [1.29, 1.82) is 0 Å². The molecule has 0 amide bonds. The van der Waals surface area contributed by atoms with Gasteiger partial charge in [0.2, 0.25) is 0 Å². The van der Waals surface area contributed by atoms with Crippen molar-refractivity contribution in [2.45, 2.75) is 33.2 Å². The molecule has 0 unspecified atom stereocenters. The molecule has 0 saturated carbocycles. The van der Waals surface area contributed by atoms with E-state index in [-0.39, 0.29) is 0 Å². The van der Waals surface area contributed by atoms with Crippen LogP contribution in [0.5, 0.6) is 0 Å².